The largest absolute Gasteiger partial charge is 0.591 e. The molecule has 0 fully saturated rings. The molecule has 1 aliphatic rings. The Morgan fingerprint density at radius 1 is 1.14 bits per heavy atom. The molecule has 1 atom stereocenters. The molecule has 3 rings (SSSR count). The van der Waals surface area contributed by atoms with E-state index >= 15 is 0 Å². The van der Waals surface area contributed by atoms with Gasteiger partial charge in [0.05, 0.1) is 10.6 Å². The molecule has 0 aliphatic carbocycles. The molecule has 5 nitrogen and oxygen atoms in total. The van der Waals surface area contributed by atoms with Crippen molar-refractivity contribution in [1.29, 1.82) is 0 Å². The van der Waals surface area contributed by atoms with Gasteiger partial charge in [-0.3, -0.25) is 4.31 Å². The number of fused-ring (bicyclic) bond motifs is 1. The predicted molar refractivity (Wildman–Crippen MR) is 119 cm³/mol. The van der Waals surface area contributed by atoms with E-state index in [9.17, 15) is 13.0 Å². The van der Waals surface area contributed by atoms with Crippen LogP contribution in [0.4, 0.5) is 5.69 Å². The molecule has 2 aromatic carbocycles. The van der Waals surface area contributed by atoms with E-state index in [1.165, 1.54) is 4.31 Å². The van der Waals surface area contributed by atoms with E-state index in [0.717, 1.165) is 10.0 Å². The average Bonchev–Trinajstić information content (AvgIpc) is 2.61. The van der Waals surface area contributed by atoms with Gasteiger partial charge in [-0.25, -0.2) is 8.42 Å². The first kappa shape index (κ1) is 21.4. The van der Waals surface area contributed by atoms with Gasteiger partial charge >= 0.3 is 0 Å². The number of benzene rings is 2. The summed E-state index contributed by atoms with van der Waals surface area (Å²) in [7, 11) is -3.71. The molecule has 0 spiro atoms. The van der Waals surface area contributed by atoms with Crippen molar-refractivity contribution in [1.82, 2.24) is 0 Å². The van der Waals surface area contributed by atoms with Gasteiger partial charge in [0, 0.05) is 23.0 Å². The van der Waals surface area contributed by atoms with E-state index in [4.69, 9.17) is 0 Å². The fraction of sp³-hybridized carbons (Fsp3) is 0.350. The summed E-state index contributed by atoms with van der Waals surface area (Å²) in [6, 6.07) is 12.3. The zero-order valence-corrected chi connectivity index (χ0v) is 19.5. The molecule has 0 aromatic heterocycles. The molecule has 1 aliphatic heterocycles. The molecule has 0 radical (unpaired) electrons. The standard InChI is InChI=1S/C20H23BrN2O3S2/c1-14-5-8-16(9-6-14)28(25,26)23-12-11-18(22-27(24)20(2,3)4)17-10-7-15(21)13-19(17)23/h5-10,13H,11-12H2,1-4H3/b22-18+. The normalized spacial score (nSPS) is 17.5. The zero-order valence-electron chi connectivity index (χ0n) is 16.3. The summed E-state index contributed by atoms with van der Waals surface area (Å²) in [6.07, 6.45) is 0.404. The van der Waals surface area contributed by atoms with Gasteiger partial charge in [-0.2, -0.15) is 0 Å². The van der Waals surface area contributed by atoms with Crippen molar-refractivity contribution in [3.05, 3.63) is 58.1 Å². The third kappa shape index (κ3) is 4.30. The van der Waals surface area contributed by atoms with Gasteiger partial charge in [0.1, 0.15) is 21.8 Å². The minimum Gasteiger partial charge on any atom is -0.591 e. The number of aryl methyl sites for hydroxylation is 1. The van der Waals surface area contributed by atoms with Crippen molar-refractivity contribution in [3.8, 4) is 0 Å². The van der Waals surface area contributed by atoms with Crippen molar-refractivity contribution >= 4 is 48.7 Å². The van der Waals surface area contributed by atoms with E-state index in [1.807, 2.05) is 39.8 Å². The van der Waals surface area contributed by atoms with Crippen LogP contribution in [0.1, 0.15) is 38.3 Å². The Morgan fingerprint density at radius 2 is 1.79 bits per heavy atom. The quantitative estimate of drug-likeness (QED) is 0.599. The average molecular weight is 483 g/mol. The lowest BCUT2D eigenvalue weighted by Crippen LogP contribution is -2.38. The molecule has 2 aromatic rings. The highest BCUT2D eigenvalue weighted by molar-refractivity contribution is 9.10. The van der Waals surface area contributed by atoms with Crippen LogP contribution in [0.5, 0.6) is 0 Å². The molecular formula is C20H23BrN2O3S2. The monoisotopic (exact) mass is 482 g/mol. The van der Waals surface area contributed by atoms with Crippen LogP contribution in [0, 0.1) is 6.92 Å². The fourth-order valence-corrected chi connectivity index (χ4v) is 5.33. The molecule has 8 heteroatoms. The third-order valence-corrected chi connectivity index (χ3v) is 8.17. The highest BCUT2D eigenvalue weighted by atomic mass is 79.9. The highest BCUT2D eigenvalue weighted by Crippen LogP contribution is 2.35. The van der Waals surface area contributed by atoms with Gasteiger partial charge in [-0.05, 0) is 58.0 Å². The van der Waals surface area contributed by atoms with E-state index in [2.05, 4.69) is 20.3 Å². The van der Waals surface area contributed by atoms with Crippen LogP contribution in [0.25, 0.3) is 0 Å². The van der Waals surface area contributed by atoms with Crippen LogP contribution in [-0.2, 0) is 21.4 Å². The molecule has 1 unspecified atom stereocenters. The second-order valence-electron chi connectivity index (χ2n) is 7.70. The Hall–Kier alpha value is -1.35. The lowest BCUT2D eigenvalue weighted by atomic mass is 10.0. The van der Waals surface area contributed by atoms with Crippen molar-refractivity contribution in [3.63, 3.8) is 0 Å². The maximum absolute atomic E-state index is 13.3. The summed E-state index contributed by atoms with van der Waals surface area (Å²) >= 11 is 2.02. The first-order valence-electron chi connectivity index (χ1n) is 8.89. The van der Waals surface area contributed by atoms with Gasteiger partial charge in [-0.15, -0.1) is 0 Å². The van der Waals surface area contributed by atoms with Crippen molar-refractivity contribution in [2.75, 3.05) is 10.8 Å². The van der Waals surface area contributed by atoms with Crippen molar-refractivity contribution in [2.45, 2.75) is 43.8 Å². The van der Waals surface area contributed by atoms with E-state index < -0.39 is 26.1 Å². The Balaban J connectivity index is 2.09. The van der Waals surface area contributed by atoms with Gasteiger partial charge < -0.3 is 4.55 Å². The van der Waals surface area contributed by atoms with Crippen LogP contribution in [-0.4, -0.2) is 30.0 Å². The molecule has 1 heterocycles. The Labute approximate surface area is 178 Å². The summed E-state index contributed by atoms with van der Waals surface area (Å²) in [6.45, 7) is 7.77. The SMILES string of the molecule is Cc1ccc(S(=O)(=O)N2CC/C(=N\[S+]([O-])C(C)(C)C)c3ccc(Br)cc32)cc1. The maximum Gasteiger partial charge on any atom is 0.264 e. The molecule has 0 N–H and O–H groups in total. The number of nitrogens with zero attached hydrogens (tertiary/aromatic N) is 2. The van der Waals surface area contributed by atoms with Gasteiger partial charge in [0.2, 0.25) is 0 Å². The smallest absolute Gasteiger partial charge is 0.264 e. The zero-order chi connectivity index (χ0) is 20.7. The number of hydrogen-bond acceptors (Lipinski definition) is 4. The summed E-state index contributed by atoms with van der Waals surface area (Å²) in [4.78, 5) is 0.252. The highest BCUT2D eigenvalue weighted by Gasteiger charge is 2.34. The lowest BCUT2D eigenvalue weighted by Gasteiger charge is -2.31. The van der Waals surface area contributed by atoms with E-state index in [-0.39, 0.29) is 11.4 Å². The van der Waals surface area contributed by atoms with Gasteiger partial charge in [0.25, 0.3) is 10.0 Å². The molecule has 28 heavy (non-hydrogen) atoms. The summed E-state index contributed by atoms with van der Waals surface area (Å²) < 4.78 is 45.2. The Bertz CT molecular complexity index is 1010. The summed E-state index contributed by atoms with van der Waals surface area (Å²) in [5.74, 6) is 0. The molecule has 0 saturated heterocycles. The number of hydrogen-bond donors (Lipinski definition) is 0. The topological polar surface area (TPSA) is 72.8 Å². The predicted octanol–water partition coefficient (Wildman–Crippen LogP) is 4.61. The number of sulfonamides is 1. The number of anilines is 1. The van der Waals surface area contributed by atoms with E-state index in [0.29, 0.717) is 23.4 Å². The van der Waals surface area contributed by atoms with Crippen molar-refractivity contribution < 1.29 is 13.0 Å². The number of halogens is 1. The molecular weight excluding hydrogens is 460 g/mol. The second kappa shape index (κ2) is 7.82. The lowest BCUT2D eigenvalue weighted by molar-refractivity contribution is 0.561. The van der Waals surface area contributed by atoms with Crippen LogP contribution < -0.4 is 4.31 Å². The molecule has 0 amide bonds. The number of rotatable bonds is 3. The second-order valence-corrected chi connectivity index (χ2v) is 12.4. The summed E-state index contributed by atoms with van der Waals surface area (Å²) in [5, 5.41) is 0. The molecule has 0 saturated carbocycles. The van der Waals surface area contributed by atoms with Gasteiger partial charge in [-0.1, -0.05) is 38.0 Å². The van der Waals surface area contributed by atoms with Crippen LogP contribution in [0.3, 0.4) is 0 Å². The molecule has 0 bridgehead atoms. The fourth-order valence-electron chi connectivity index (χ4n) is 2.84. The van der Waals surface area contributed by atoms with Crippen molar-refractivity contribution in [2.24, 2.45) is 4.40 Å². The van der Waals surface area contributed by atoms with Crippen LogP contribution in [0.2, 0.25) is 0 Å². The summed E-state index contributed by atoms with van der Waals surface area (Å²) in [5.41, 5.74) is 2.92. The van der Waals surface area contributed by atoms with Gasteiger partial charge in [0.15, 0.2) is 0 Å². The van der Waals surface area contributed by atoms with E-state index in [1.54, 1.807) is 30.3 Å². The minimum absolute atomic E-state index is 0.250. The first-order valence-corrected chi connectivity index (χ1v) is 12.2. The van der Waals surface area contributed by atoms with Crippen LogP contribution in [0.15, 0.2) is 56.2 Å². The first-order chi connectivity index (χ1) is 13.0. The maximum atomic E-state index is 13.3. The van der Waals surface area contributed by atoms with Crippen LogP contribution >= 0.6 is 15.9 Å². The third-order valence-electron chi connectivity index (χ3n) is 4.42. The molecule has 150 valence electrons. The Morgan fingerprint density at radius 3 is 2.39 bits per heavy atom. The minimum atomic E-state index is -3.71. The Kier molecular flexibility index (Phi) is 5.96.